The number of ketones is 1. The van der Waals surface area contributed by atoms with Crippen LogP contribution in [0.2, 0.25) is 0 Å². The maximum atomic E-state index is 10.5. The van der Waals surface area contributed by atoms with E-state index in [2.05, 4.69) is 5.43 Å². The third-order valence-electron chi connectivity index (χ3n) is 0.773. The summed E-state index contributed by atoms with van der Waals surface area (Å²) in [4.78, 5) is 20.9. The van der Waals surface area contributed by atoms with Gasteiger partial charge in [0.1, 0.15) is 5.75 Å². The van der Waals surface area contributed by atoms with Gasteiger partial charge in [-0.2, -0.15) is 0 Å². The molecule has 0 spiro atoms. The van der Waals surface area contributed by atoms with Crippen molar-refractivity contribution in [2.45, 2.75) is 0 Å². The predicted octanol–water partition coefficient (Wildman–Crippen LogP) is 0.0145. The summed E-state index contributed by atoms with van der Waals surface area (Å²) in [6, 6.07) is 0. The first-order valence-corrected chi connectivity index (χ1v) is 3.29. The number of nitrogens with zero attached hydrogens (tertiary/aromatic N) is 1. The van der Waals surface area contributed by atoms with Gasteiger partial charge in [-0.3, -0.25) is 4.79 Å². The third-order valence-corrected chi connectivity index (χ3v) is 1.53. The second-order valence-electron chi connectivity index (χ2n) is 1.46. The Kier molecular flexibility index (Phi) is 1.84. The van der Waals surface area contributed by atoms with Crippen LogP contribution in [0.1, 0.15) is 0 Å². The molecular formula is C4H5N2O2S+. The molecule has 0 aliphatic carbocycles. The Bertz CT molecular complexity index is 177. The first kappa shape index (κ1) is 6.28. The fourth-order valence-corrected chi connectivity index (χ4v) is 0.875. The highest BCUT2D eigenvalue weighted by Gasteiger charge is 2.15. The molecule has 1 aliphatic heterocycles. The summed E-state index contributed by atoms with van der Waals surface area (Å²) in [7, 11) is 0. The van der Waals surface area contributed by atoms with Crippen molar-refractivity contribution < 1.29 is 9.07 Å². The maximum absolute atomic E-state index is 10.5. The average Bonchev–Trinajstić information content (AvgIpc) is 1.97. The number of nitroso groups, excluding NO2 is 1. The zero-order chi connectivity index (χ0) is 6.69. The van der Waals surface area contributed by atoms with Crippen molar-refractivity contribution >= 4 is 17.7 Å². The van der Waals surface area contributed by atoms with Crippen LogP contribution in [0.4, 0.5) is 0 Å². The second-order valence-corrected chi connectivity index (χ2v) is 2.34. The monoisotopic (exact) mass is 145 g/mol. The van der Waals surface area contributed by atoms with Gasteiger partial charge in [-0.05, 0) is 0 Å². The van der Waals surface area contributed by atoms with Gasteiger partial charge < -0.3 is 0 Å². The number of allylic oxidation sites excluding steroid dienone is 1. The van der Waals surface area contributed by atoms with Crippen LogP contribution in [-0.2, 0) is 4.79 Å². The van der Waals surface area contributed by atoms with Gasteiger partial charge in [0.05, 0.1) is 11.1 Å². The average molecular weight is 145 g/mol. The molecule has 48 valence electrons. The van der Waals surface area contributed by atoms with Gasteiger partial charge in [0, 0.05) is 6.08 Å². The largest absolute Gasteiger partial charge is 0.294 e. The molecule has 1 heterocycles. The van der Waals surface area contributed by atoms with E-state index in [0.29, 0.717) is 4.27 Å². The Balaban J connectivity index is 2.58. The molecule has 5 heteroatoms. The number of carbonyl (C=O) groups excluding carboxylic acids is 1. The molecule has 0 aromatic rings. The highest BCUT2D eigenvalue weighted by atomic mass is 32.2. The van der Waals surface area contributed by atoms with Crippen LogP contribution in [0.25, 0.3) is 0 Å². The zero-order valence-corrected chi connectivity index (χ0v) is 5.35. The Morgan fingerprint density at radius 1 is 1.78 bits per heavy atom. The van der Waals surface area contributed by atoms with Gasteiger partial charge in [-0.25, -0.2) is 0 Å². The molecule has 0 unspecified atom stereocenters. The molecule has 0 radical (unpaired) electrons. The van der Waals surface area contributed by atoms with Crippen molar-refractivity contribution in [3.63, 3.8) is 0 Å². The first-order chi connectivity index (χ1) is 4.29. The van der Waals surface area contributed by atoms with Crippen LogP contribution in [0.5, 0.6) is 0 Å². The number of hydrazine groups is 1. The standard InChI is InChI=1S/C4H4N2O2S/c7-4-1-2-5-6(8)9-3-4/h1-2H,3H2/p+1. The fraction of sp³-hybridized carbons (Fsp3) is 0.250. The van der Waals surface area contributed by atoms with Crippen molar-refractivity contribution in [2.24, 2.45) is 0 Å². The molecule has 1 rings (SSSR count). The lowest BCUT2D eigenvalue weighted by molar-refractivity contribution is -0.428. The fourth-order valence-electron chi connectivity index (χ4n) is 0.399. The maximum Gasteiger partial charge on any atom is 0.260 e. The summed E-state index contributed by atoms with van der Waals surface area (Å²) in [5, 5.41) is 0. The third kappa shape index (κ3) is 1.85. The molecule has 0 fully saturated rings. The van der Waals surface area contributed by atoms with E-state index in [9.17, 15) is 9.70 Å². The SMILES string of the molecule is O=C1C=CN[N+](=O)SC1. The molecule has 4 nitrogen and oxygen atoms in total. The van der Waals surface area contributed by atoms with Crippen LogP contribution < -0.4 is 5.43 Å². The van der Waals surface area contributed by atoms with E-state index >= 15 is 0 Å². The molecule has 0 atom stereocenters. The van der Waals surface area contributed by atoms with Crippen molar-refractivity contribution in [1.29, 1.82) is 0 Å². The van der Waals surface area contributed by atoms with Crippen LogP contribution >= 0.6 is 11.9 Å². The minimum absolute atomic E-state index is 0.0501. The summed E-state index contributed by atoms with van der Waals surface area (Å²) < 4.78 is 0.543. The Morgan fingerprint density at radius 2 is 2.56 bits per heavy atom. The van der Waals surface area contributed by atoms with E-state index < -0.39 is 0 Å². The van der Waals surface area contributed by atoms with Crippen LogP contribution in [0.15, 0.2) is 12.3 Å². The molecule has 0 amide bonds. The van der Waals surface area contributed by atoms with Crippen LogP contribution in [0.3, 0.4) is 0 Å². The van der Waals surface area contributed by atoms with Gasteiger partial charge in [0.15, 0.2) is 10.1 Å². The topological polar surface area (TPSA) is 49.2 Å². The van der Waals surface area contributed by atoms with E-state index in [1.54, 1.807) is 0 Å². The smallest absolute Gasteiger partial charge is 0.260 e. The van der Waals surface area contributed by atoms with Gasteiger partial charge in [0.2, 0.25) is 0 Å². The summed E-state index contributed by atoms with van der Waals surface area (Å²) in [6.07, 6.45) is 2.67. The Labute approximate surface area is 56.0 Å². The van der Waals surface area contributed by atoms with Crippen LogP contribution in [0, 0.1) is 4.91 Å². The molecule has 1 N–H and O–H groups in total. The quantitative estimate of drug-likeness (QED) is 0.385. The Hall–Kier alpha value is -0.840. The minimum Gasteiger partial charge on any atom is -0.294 e. The number of hydrogen-bond donors (Lipinski definition) is 1. The van der Waals surface area contributed by atoms with E-state index in [4.69, 9.17) is 0 Å². The second kappa shape index (κ2) is 2.63. The van der Waals surface area contributed by atoms with E-state index in [-0.39, 0.29) is 11.5 Å². The summed E-state index contributed by atoms with van der Waals surface area (Å²) in [6.45, 7) is 0. The number of carbonyl (C=O) groups is 1. The number of nitrogens with one attached hydrogen (secondary N) is 1. The molecule has 0 saturated heterocycles. The highest BCUT2D eigenvalue weighted by Crippen LogP contribution is 2.01. The summed E-state index contributed by atoms with van der Waals surface area (Å²) in [5.41, 5.74) is 2.31. The zero-order valence-electron chi connectivity index (χ0n) is 4.53. The van der Waals surface area contributed by atoms with E-state index in [1.807, 2.05) is 0 Å². The normalized spacial score (nSPS) is 19.1. The van der Waals surface area contributed by atoms with Crippen molar-refractivity contribution in [1.82, 2.24) is 5.43 Å². The van der Waals surface area contributed by atoms with Crippen molar-refractivity contribution in [3.8, 4) is 0 Å². The molecule has 0 aromatic carbocycles. The molecule has 0 saturated carbocycles. The molecular weight excluding hydrogens is 140 g/mol. The molecule has 9 heavy (non-hydrogen) atoms. The lowest BCUT2D eigenvalue weighted by Crippen LogP contribution is -2.12. The number of rotatable bonds is 0. The van der Waals surface area contributed by atoms with E-state index in [0.717, 1.165) is 11.9 Å². The van der Waals surface area contributed by atoms with Gasteiger partial charge in [-0.15, -0.1) is 5.43 Å². The summed E-state index contributed by atoms with van der Waals surface area (Å²) >= 11 is 0.902. The predicted molar refractivity (Wildman–Crippen MR) is 33.4 cm³/mol. The van der Waals surface area contributed by atoms with Crippen molar-refractivity contribution in [2.75, 3.05) is 5.75 Å². The first-order valence-electron chi connectivity index (χ1n) is 2.35. The summed E-state index contributed by atoms with van der Waals surface area (Å²) in [5.74, 6) is 0.165. The number of hydrogen-bond acceptors (Lipinski definition) is 3. The van der Waals surface area contributed by atoms with Gasteiger partial charge >= 0.3 is 0 Å². The van der Waals surface area contributed by atoms with E-state index in [1.165, 1.54) is 12.3 Å². The van der Waals surface area contributed by atoms with Gasteiger partial charge in [0.25, 0.3) is 11.9 Å². The lowest BCUT2D eigenvalue weighted by atomic mass is 10.4. The highest BCUT2D eigenvalue weighted by molar-refractivity contribution is 7.94. The molecule has 0 aromatic heterocycles. The van der Waals surface area contributed by atoms with Crippen molar-refractivity contribution in [3.05, 3.63) is 17.2 Å². The Morgan fingerprint density at radius 3 is 3.33 bits per heavy atom. The molecule has 0 bridgehead atoms. The van der Waals surface area contributed by atoms with Crippen LogP contribution in [-0.4, -0.2) is 15.8 Å². The lowest BCUT2D eigenvalue weighted by Gasteiger charge is -1.77. The minimum atomic E-state index is -0.0501. The van der Waals surface area contributed by atoms with Gasteiger partial charge in [-0.1, -0.05) is 0 Å². The molecule has 1 aliphatic rings.